The fraction of sp³-hybridized carbons (Fsp3) is 0.545. The number of rotatable bonds is 5. The summed E-state index contributed by atoms with van der Waals surface area (Å²) in [4.78, 5) is 15.1. The molecule has 2 unspecified atom stereocenters. The third-order valence-corrected chi connectivity index (χ3v) is 6.50. The molecule has 1 aliphatic heterocycles. The van der Waals surface area contributed by atoms with E-state index in [2.05, 4.69) is 54.3 Å². The summed E-state index contributed by atoms with van der Waals surface area (Å²) in [7, 11) is 0. The van der Waals surface area contributed by atoms with Gasteiger partial charge in [0.05, 0.1) is 6.20 Å². The molecule has 2 heterocycles. The van der Waals surface area contributed by atoms with Crippen molar-refractivity contribution in [2.24, 2.45) is 11.7 Å². The molecule has 1 aliphatic carbocycles. The quantitative estimate of drug-likeness (QED) is 0.884. The topological polar surface area (TPSA) is 64.2 Å². The maximum absolute atomic E-state index is 13.0. The Morgan fingerprint density at radius 3 is 2.56 bits per heavy atom. The highest BCUT2D eigenvalue weighted by Gasteiger charge is 2.47. The molecule has 0 bridgehead atoms. The number of benzene rings is 1. The first-order chi connectivity index (χ1) is 13.0. The van der Waals surface area contributed by atoms with Gasteiger partial charge in [0.15, 0.2) is 0 Å². The van der Waals surface area contributed by atoms with Crippen molar-refractivity contribution < 1.29 is 4.79 Å². The Labute approximate surface area is 161 Å². The fourth-order valence-electron chi connectivity index (χ4n) is 4.45. The largest absolute Gasteiger partial charge is 0.342 e. The van der Waals surface area contributed by atoms with Gasteiger partial charge in [0.2, 0.25) is 5.91 Å². The molecule has 27 heavy (non-hydrogen) atoms. The van der Waals surface area contributed by atoms with Crippen molar-refractivity contribution in [3.05, 3.63) is 53.9 Å². The van der Waals surface area contributed by atoms with Crippen LogP contribution in [0.15, 0.2) is 42.7 Å². The van der Waals surface area contributed by atoms with Gasteiger partial charge in [-0.2, -0.15) is 5.10 Å². The monoisotopic (exact) mass is 366 g/mol. The lowest BCUT2D eigenvalue weighted by Gasteiger charge is -2.41. The molecule has 1 aromatic carbocycles. The predicted octanol–water partition coefficient (Wildman–Crippen LogP) is 3.09. The van der Waals surface area contributed by atoms with Gasteiger partial charge in [0, 0.05) is 43.2 Å². The smallest absolute Gasteiger partial charge is 0.226 e. The van der Waals surface area contributed by atoms with Crippen molar-refractivity contribution in [3.8, 4) is 0 Å². The number of likely N-dealkylation sites (tertiary alicyclic amines) is 1. The standard InChI is InChI=1S/C22H30N4O/c1-16(2)26-14-17(13-24-26)19-12-20(19)21(27)25-10-8-22(15-23,9-11-25)18-6-4-3-5-7-18/h3-7,13-14,16,19-20H,8-12,15,23H2,1-2H3. The first kappa shape index (κ1) is 18.2. The van der Waals surface area contributed by atoms with Crippen molar-refractivity contribution in [2.75, 3.05) is 19.6 Å². The van der Waals surface area contributed by atoms with Crippen LogP contribution in [0.1, 0.15) is 56.2 Å². The van der Waals surface area contributed by atoms with Gasteiger partial charge in [0.25, 0.3) is 0 Å². The molecule has 0 radical (unpaired) electrons. The molecule has 144 valence electrons. The summed E-state index contributed by atoms with van der Waals surface area (Å²) in [5.41, 5.74) is 8.71. The van der Waals surface area contributed by atoms with Crippen LogP contribution < -0.4 is 5.73 Å². The van der Waals surface area contributed by atoms with Crippen molar-refractivity contribution in [1.82, 2.24) is 14.7 Å². The zero-order valence-corrected chi connectivity index (χ0v) is 16.3. The minimum Gasteiger partial charge on any atom is -0.342 e. The van der Waals surface area contributed by atoms with Crippen LogP contribution in [0, 0.1) is 5.92 Å². The highest BCUT2D eigenvalue weighted by Crippen LogP contribution is 2.49. The van der Waals surface area contributed by atoms with E-state index in [1.54, 1.807) is 0 Å². The highest BCUT2D eigenvalue weighted by molar-refractivity contribution is 5.83. The van der Waals surface area contributed by atoms with Gasteiger partial charge >= 0.3 is 0 Å². The van der Waals surface area contributed by atoms with E-state index in [1.165, 1.54) is 11.1 Å². The molecule has 2 atom stereocenters. The molecular formula is C22H30N4O. The lowest BCUT2D eigenvalue weighted by Crippen LogP contribution is -2.49. The van der Waals surface area contributed by atoms with Gasteiger partial charge in [-0.1, -0.05) is 30.3 Å². The van der Waals surface area contributed by atoms with Crippen molar-refractivity contribution >= 4 is 5.91 Å². The third-order valence-electron chi connectivity index (χ3n) is 6.50. The Morgan fingerprint density at radius 1 is 1.26 bits per heavy atom. The molecule has 2 aromatic rings. The van der Waals surface area contributed by atoms with Crippen LogP contribution in [0.25, 0.3) is 0 Å². The minimum atomic E-state index is 0.0133. The SMILES string of the molecule is CC(C)n1cc(C2CC2C(=O)N2CCC(CN)(c3ccccc3)CC2)cn1. The number of hydrogen-bond donors (Lipinski definition) is 1. The Hall–Kier alpha value is -2.14. The van der Waals surface area contributed by atoms with E-state index >= 15 is 0 Å². The zero-order chi connectivity index (χ0) is 19.0. The molecule has 2 fully saturated rings. The Morgan fingerprint density at radius 2 is 1.96 bits per heavy atom. The second-order valence-electron chi connectivity index (χ2n) is 8.47. The lowest BCUT2D eigenvalue weighted by atomic mass is 9.73. The Kier molecular flexibility index (Phi) is 4.81. The summed E-state index contributed by atoms with van der Waals surface area (Å²) >= 11 is 0. The van der Waals surface area contributed by atoms with E-state index in [0.29, 0.717) is 24.4 Å². The summed E-state index contributed by atoms with van der Waals surface area (Å²) in [6, 6.07) is 10.9. The van der Waals surface area contributed by atoms with Gasteiger partial charge in [-0.15, -0.1) is 0 Å². The highest BCUT2D eigenvalue weighted by atomic mass is 16.2. The Balaban J connectivity index is 1.38. The molecule has 5 nitrogen and oxygen atoms in total. The summed E-state index contributed by atoms with van der Waals surface area (Å²) in [5.74, 6) is 0.799. The molecule has 1 saturated heterocycles. The summed E-state index contributed by atoms with van der Waals surface area (Å²) in [6.07, 6.45) is 6.89. The van der Waals surface area contributed by atoms with Crippen LogP contribution in [-0.2, 0) is 10.2 Å². The van der Waals surface area contributed by atoms with Crippen molar-refractivity contribution in [1.29, 1.82) is 0 Å². The van der Waals surface area contributed by atoms with E-state index < -0.39 is 0 Å². The molecule has 0 spiro atoms. The van der Waals surface area contributed by atoms with Gasteiger partial charge in [-0.25, -0.2) is 0 Å². The number of carbonyl (C=O) groups is 1. The molecule has 4 rings (SSSR count). The minimum absolute atomic E-state index is 0.0133. The van der Waals surface area contributed by atoms with E-state index in [9.17, 15) is 4.79 Å². The molecule has 2 N–H and O–H groups in total. The maximum atomic E-state index is 13.0. The fourth-order valence-corrected chi connectivity index (χ4v) is 4.45. The number of piperidine rings is 1. The predicted molar refractivity (Wildman–Crippen MR) is 106 cm³/mol. The Bertz CT molecular complexity index is 790. The van der Waals surface area contributed by atoms with E-state index in [1.807, 2.05) is 16.9 Å². The first-order valence-electron chi connectivity index (χ1n) is 10.1. The molecule has 2 aliphatic rings. The molecule has 1 aromatic heterocycles. The summed E-state index contributed by atoms with van der Waals surface area (Å²) < 4.78 is 1.98. The second-order valence-corrected chi connectivity index (χ2v) is 8.47. The van der Waals surface area contributed by atoms with Crippen LogP contribution in [-0.4, -0.2) is 40.2 Å². The zero-order valence-electron chi connectivity index (χ0n) is 16.3. The molecule has 1 amide bonds. The van der Waals surface area contributed by atoms with Crippen LogP contribution >= 0.6 is 0 Å². The summed E-state index contributed by atoms with van der Waals surface area (Å²) in [6.45, 7) is 6.49. The van der Waals surface area contributed by atoms with Gasteiger partial charge in [-0.05, 0) is 50.2 Å². The van der Waals surface area contributed by atoms with Gasteiger partial charge < -0.3 is 10.6 Å². The van der Waals surface area contributed by atoms with Gasteiger partial charge in [0.1, 0.15) is 0 Å². The van der Waals surface area contributed by atoms with Crippen molar-refractivity contribution in [3.63, 3.8) is 0 Å². The number of aromatic nitrogens is 2. The van der Waals surface area contributed by atoms with Crippen molar-refractivity contribution in [2.45, 2.75) is 50.5 Å². The molecular weight excluding hydrogens is 336 g/mol. The average Bonchev–Trinajstić information content (AvgIpc) is 3.35. The number of hydrogen-bond acceptors (Lipinski definition) is 3. The number of nitrogens with zero attached hydrogens (tertiary/aromatic N) is 3. The number of amides is 1. The third kappa shape index (κ3) is 3.41. The van der Waals surface area contributed by atoms with Crippen LogP contribution in [0.5, 0.6) is 0 Å². The average molecular weight is 367 g/mol. The molecule has 1 saturated carbocycles. The first-order valence-corrected chi connectivity index (χ1v) is 10.1. The van der Waals surface area contributed by atoms with E-state index in [-0.39, 0.29) is 11.3 Å². The molecule has 5 heteroatoms. The van der Waals surface area contributed by atoms with Crippen LogP contribution in [0.2, 0.25) is 0 Å². The summed E-state index contributed by atoms with van der Waals surface area (Å²) in [5, 5.41) is 4.42. The van der Waals surface area contributed by atoms with E-state index in [0.717, 1.165) is 32.4 Å². The maximum Gasteiger partial charge on any atom is 0.226 e. The van der Waals surface area contributed by atoms with E-state index in [4.69, 9.17) is 5.73 Å². The lowest BCUT2D eigenvalue weighted by molar-refractivity contribution is -0.134. The number of carbonyl (C=O) groups excluding carboxylic acids is 1. The number of nitrogens with two attached hydrogens (primary N) is 1. The normalized spacial score (nSPS) is 24.2. The van der Waals surface area contributed by atoms with Crippen LogP contribution in [0.4, 0.5) is 0 Å². The second kappa shape index (κ2) is 7.12. The van der Waals surface area contributed by atoms with Crippen LogP contribution in [0.3, 0.4) is 0 Å². The van der Waals surface area contributed by atoms with Gasteiger partial charge in [-0.3, -0.25) is 9.48 Å².